The van der Waals surface area contributed by atoms with Crippen LogP contribution in [0.4, 0.5) is 19.0 Å². The summed E-state index contributed by atoms with van der Waals surface area (Å²) in [6, 6.07) is 2.94. The number of hydrogen-bond acceptors (Lipinski definition) is 3. The molecule has 1 aromatic heterocycles. The summed E-state index contributed by atoms with van der Waals surface area (Å²) < 4.78 is 36.8. The zero-order valence-corrected chi connectivity index (χ0v) is 9.03. The van der Waals surface area contributed by atoms with Crippen LogP contribution in [0.25, 0.3) is 0 Å². The van der Waals surface area contributed by atoms with E-state index >= 15 is 0 Å². The number of pyridine rings is 1. The van der Waals surface area contributed by atoms with Crippen molar-refractivity contribution in [2.24, 2.45) is 0 Å². The lowest BCUT2D eigenvalue weighted by Gasteiger charge is -2.22. The van der Waals surface area contributed by atoms with E-state index in [-0.39, 0.29) is 5.82 Å². The van der Waals surface area contributed by atoms with Crippen molar-refractivity contribution in [1.29, 1.82) is 0 Å². The van der Waals surface area contributed by atoms with Gasteiger partial charge < -0.3 is 10.0 Å². The van der Waals surface area contributed by atoms with E-state index in [0.717, 1.165) is 5.56 Å². The van der Waals surface area contributed by atoms with E-state index in [1.807, 2.05) is 0 Å². The third kappa shape index (κ3) is 4.71. The molecule has 0 aromatic carbocycles. The van der Waals surface area contributed by atoms with Crippen LogP contribution in [0, 0.1) is 6.92 Å². The van der Waals surface area contributed by atoms with Crippen LogP contribution in [0.3, 0.4) is 0 Å². The Hall–Kier alpha value is -1.79. The predicted molar refractivity (Wildman–Crippen MR) is 54.9 cm³/mol. The van der Waals surface area contributed by atoms with Crippen molar-refractivity contribution in [3.63, 3.8) is 0 Å². The maximum absolute atomic E-state index is 12.3. The van der Waals surface area contributed by atoms with Gasteiger partial charge in [-0.2, -0.15) is 13.2 Å². The predicted octanol–water partition coefficient (Wildman–Crippen LogP) is 1.84. The van der Waals surface area contributed by atoms with Crippen LogP contribution in [-0.4, -0.2) is 35.3 Å². The maximum atomic E-state index is 12.3. The lowest BCUT2D eigenvalue weighted by molar-refractivity contribution is -0.136. The highest BCUT2D eigenvalue weighted by Gasteiger charge is 2.32. The van der Waals surface area contributed by atoms with Crippen LogP contribution >= 0.6 is 0 Å². The van der Waals surface area contributed by atoms with Gasteiger partial charge in [0.25, 0.3) is 0 Å². The van der Waals surface area contributed by atoms with Gasteiger partial charge in [0.15, 0.2) is 0 Å². The summed E-state index contributed by atoms with van der Waals surface area (Å²) in [5, 5.41) is 8.56. The van der Waals surface area contributed by atoms with Crippen LogP contribution in [0.1, 0.15) is 5.56 Å². The fourth-order valence-electron chi connectivity index (χ4n) is 1.24. The first-order chi connectivity index (χ1) is 7.78. The van der Waals surface area contributed by atoms with Gasteiger partial charge in [-0.1, -0.05) is 6.07 Å². The van der Waals surface area contributed by atoms with Gasteiger partial charge in [0, 0.05) is 6.20 Å². The molecule has 0 aliphatic heterocycles. The van der Waals surface area contributed by atoms with Gasteiger partial charge >= 0.3 is 12.1 Å². The SMILES string of the molecule is Cc1ccc(N(CC(=O)O)CC(F)(F)F)nc1. The molecule has 4 nitrogen and oxygen atoms in total. The molecule has 0 aliphatic carbocycles. The van der Waals surface area contributed by atoms with E-state index in [1.54, 1.807) is 13.0 Å². The van der Waals surface area contributed by atoms with Crippen molar-refractivity contribution < 1.29 is 23.1 Å². The smallest absolute Gasteiger partial charge is 0.405 e. The molecule has 1 heterocycles. The molecule has 0 fully saturated rings. The van der Waals surface area contributed by atoms with Crippen molar-refractivity contribution in [3.8, 4) is 0 Å². The second kappa shape index (κ2) is 5.03. The Morgan fingerprint density at radius 1 is 1.47 bits per heavy atom. The molecule has 0 amide bonds. The molecule has 1 N–H and O–H groups in total. The molecule has 0 radical (unpaired) electrons. The van der Waals surface area contributed by atoms with Gasteiger partial charge in [-0.25, -0.2) is 4.98 Å². The van der Waals surface area contributed by atoms with Crippen molar-refractivity contribution in [2.45, 2.75) is 13.1 Å². The number of hydrogen-bond donors (Lipinski definition) is 1. The first-order valence-electron chi connectivity index (χ1n) is 4.74. The quantitative estimate of drug-likeness (QED) is 0.883. The Morgan fingerprint density at radius 3 is 2.53 bits per heavy atom. The molecule has 1 rings (SSSR count). The molecular formula is C10H11F3N2O2. The number of halogens is 3. The van der Waals surface area contributed by atoms with Gasteiger partial charge in [-0.15, -0.1) is 0 Å². The molecule has 0 saturated carbocycles. The Balaban J connectivity index is 2.89. The number of alkyl halides is 3. The maximum Gasteiger partial charge on any atom is 0.405 e. The minimum absolute atomic E-state index is 0.00433. The molecule has 7 heteroatoms. The van der Waals surface area contributed by atoms with Gasteiger partial charge in [0.05, 0.1) is 0 Å². The van der Waals surface area contributed by atoms with E-state index in [1.165, 1.54) is 12.3 Å². The lowest BCUT2D eigenvalue weighted by Crippen LogP contribution is -2.38. The van der Waals surface area contributed by atoms with Crippen LogP contribution < -0.4 is 4.90 Å². The molecule has 0 bridgehead atoms. The number of rotatable bonds is 4. The van der Waals surface area contributed by atoms with E-state index < -0.39 is 25.2 Å². The molecule has 1 aromatic rings. The highest BCUT2D eigenvalue weighted by Crippen LogP contribution is 2.20. The van der Waals surface area contributed by atoms with Crippen LogP contribution in [0.2, 0.25) is 0 Å². The Kier molecular flexibility index (Phi) is 3.93. The number of carboxylic acid groups (broad SMARTS) is 1. The summed E-state index contributed by atoms with van der Waals surface area (Å²) in [5.74, 6) is -1.34. The normalized spacial score (nSPS) is 11.3. The highest BCUT2D eigenvalue weighted by molar-refractivity contribution is 5.73. The molecule has 0 atom stereocenters. The first kappa shape index (κ1) is 13.3. The monoisotopic (exact) mass is 248 g/mol. The van der Waals surface area contributed by atoms with E-state index in [9.17, 15) is 18.0 Å². The number of aliphatic carboxylic acids is 1. The van der Waals surface area contributed by atoms with Gasteiger partial charge in [-0.05, 0) is 18.6 Å². The zero-order chi connectivity index (χ0) is 13.1. The average Bonchev–Trinajstić information content (AvgIpc) is 2.14. The number of carbonyl (C=O) groups is 1. The topological polar surface area (TPSA) is 53.4 Å². The van der Waals surface area contributed by atoms with Crippen molar-refractivity contribution >= 4 is 11.8 Å². The highest BCUT2D eigenvalue weighted by atomic mass is 19.4. The zero-order valence-electron chi connectivity index (χ0n) is 9.03. The molecule has 0 spiro atoms. The molecule has 94 valence electrons. The van der Waals surface area contributed by atoms with Crippen LogP contribution in [0.15, 0.2) is 18.3 Å². The fraction of sp³-hybridized carbons (Fsp3) is 0.400. The summed E-state index contributed by atoms with van der Waals surface area (Å²) in [4.78, 5) is 14.9. The van der Waals surface area contributed by atoms with Crippen molar-refractivity contribution in [2.75, 3.05) is 18.0 Å². The summed E-state index contributed by atoms with van der Waals surface area (Å²) in [6.45, 7) is -0.340. The van der Waals surface area contributed by atoms with Crippen LogP contribution in [0.5, 0.6) is 0 Å². The molecule has 0 saturated heterocycles. The Morgan fingerprint density at radius 2 is 2.12 bits per heavy atom. The number of carboxylic acids is 1. The minimum Gasteiger partial charge on any atom is -0.480 e. The van der Waals surface area contributed by atoms with Crippen molar-refractivity contribution in [3.05, 3.63) is 23.9 Å². The fourth-order valence-corrected chi connectivity index (χ4v) is 1.24. The van der Waals surface area contributed by atoms with E-state index in [2.05, 4.69) is 4.98 Å². The van der Waals surface area contributed by atoms with Crippen molar-refractivity contribution in [1.82, 2.24) is 4.98 Å². The molecule has 17 heavy (non-hydrogen) atoms. The van der Waals surface area contributed by atoms with Gasteiger partial charge in [0.1, 0.15) is 18.9 Å². The number of aryl methyl sites for hydroxylation is 1. The second-order valence-electron chi connectivity index (χ2n) is 3.56. The molecular weight excluding hydrogens is 237 g/mol. The molecule has 0 aliphatic rings. The number of aromatic nitrogens is 1. The standard InChI is InChI=1S/C10H11F3N2O2/c1-7-2-3-8(14-4-7)15(5-9(16)17)6-10(11,12)13/h2-4H,5-6H2,1H3,(H,16,17). The van der Waals surface area contributed by atoms with Gasteiger partial charge in [-0.3, -0.25) is 4.79 Å². The van der Waals surface area contributed by atoms with Gasteiger partial charge in [0.2, 0.25) is 0 Å². The average molecular weight is 248 g/mol. The molecule has 0 unspecified atom stereocenters. The lowest BCUT2D eigenvalue weighted by atomic mass is 10.3. The summed E-state index contributed by atoms with van der Waals surface area (Å²) in [5.41, 5.74) is 0.788. The Bertz CT molecular complexity index is 390. The third-order valence-electron chi connectivity index (χ3n) is 1.92. The van der Waals surface area contributed by atoms with E-state index in [0.29, 0.717) is 4.90 Å². The summed E-state index contributed by atoms with van der Waals surface area (Å²) in [7, 11) is 0. The Labute approximate surface area is 95.7 Å². The number of anilines is 1. The minimum atomic E-state index is -4.47. The van der Waals surface area contributed by atoms with E-state index in [4.69, 9.17) is 5.11 Å². The number of nitrogens with zero attached hydrogens (tertiary/aromatic N) is 2. The third-order valence-corrected chi connectivity index (χ3v) is 1.92. The largest absolute Gasteiger partial charge is 0.480 e. The summed E-state index contributed by atoms with van der Waals surface area (Å²) in [6.07, 6.45) is -3.08. The first-order valence-corrected chi connectivity index (χ1v) is 4.74. The summed E-state index contributed by atoms with van der Waals surface area (Å²) >= 11 is 0. The second-order valence-corrected chi connectivity index (χ2v) is 3.56. The van der Waals surface area contributed by atoms with Crippen LogP contribution in [-0.2, 0) is 4.79 Å².